The van der Waals surface area contributed by atoms with E-state index in [1.807, 2.05) is 0 Å². The number of fused-ring (bicyclic) bond motifs is 1. The second-order valence-corrected chi connectivity index (χ2v) is 6.72. The van der Waals surface area contributed by atoms with E-state index in [0.717, 1.165) is 0 Å². The summed E-state index contributed by atoms with van der Waals surface area (Å²) in [4.78, 5) is 13.1. The van der Waals surface area contributed by atoms with Gasteiger partial charge in [0.15, 0.2) is 0 Å². The molecule has 1 aliphatic rings. The van der Waals surface area contributed by atoms with Gasteiger partial charge in [0.25, 0.3) is 9.05 Å². The van der Waals surface area contributed by atoms with Gasteiger partial charge in [0, 0.05) is 17.7 Å². The molecule has 0 aromatic heterocycles. The van der Waals surface area contributed by atoms with Gasteiger partial charge in [-0.2, -0.15) is 0 Å². The summed E-state index contributed by atoms with van der Waals surface area (Å²) in [5.41, 5.74) is 0.408. The molecule has 1 atom stereocenters. The zero-order valence-electron chi connectivity index (χ0n) is 9.88. The van der Waals surface area contributed by atoms with Crippen LogP contribution in [0.3, 0.4) is 0 Å². The molecule has 1 aromatic rings. The van der Waals surface area contributed by atoms with Gasteiger partial charge < -0.3 is 9.64 Å². The van der Waals surface area contributed by atoms with Crippen molar-refractivity contribution in [3.63, 3.8) is 0 Å². The van der Waals surface area contributed by atoms with Gasteiger partial charge in [-0.15, -0.1) is 0 Å². The number of amides is 1. The molecule has 1 amide bonds. The largest absolute Gasteiger partial charge is 0.488 e. The lowest BCUT2D eigenvalue weighted by molar-refractivity contribution is -0.119. The Labute approximate surface area is 110 Å². The monoisotopic (exact) mass is 289 g/mol. The number of nitrogens with zero attached hydrogens (tertiary/aromatic N) is 1. The van der Waals surface area contributed by atoms with E-state index in [4.69, 9.17) is 15.4 Å². The lowest BCUT2D eigenvalue weighted by Gasteiger charge is -2.16. The summed E-state index contributed by atoms with van der Waals surface area (Å²) in [7, 11) is 3.04. The average Bonchev–Trinajstić information content (AvgIpc) is 2.35. The van der Waals surface area contributed by atoms with Crippen LogP contribution in [0.2, 0.25) is 0 Å². The molecule has 0 aliphatic carbocycles. The van der Waals surface area contributed by atoms with E-state index in [9.17, 15) is 13.2 Å². The second-order valence-electron chi connectivity index (χ2n) is 4.15. The molecule has 98 valence electrons. The molecule has 1 heterocycles. The first-order valence-electron chi connectivity index (χ1n) is 5.31. The normalized spacial score (nSPS) is 20.1. The Morgan fingerprint density at radius 3 is 2.72 bits per heavy atom. The summed E-state index contributed by atoms with van der Waals surface area (Å²) in [6.07, 6.45) is -0.00613. The van der Waals surface area contributed by atoms with Crippen LogP contribution >= 0.6 is 10.7 Å². The number of halogens is 1. The number of hydrogen-bond acceptors (Lipinski definition) is 4. The fraction of sp³-hybridized carbons (Fsp3) is 0.364. The molecular formula is C11H12ClNO4S. The van der Waals surface area contributed by atoms with Crippen molar-refractivity contribution < 1.29 is 17.9 Å². The minimum absolute atomic E-state index is 0.0549. The molecule has 0 saturated carbocycles. The van der Waals surface area contributed by atoms with Crippen molar-refractivity contribution in [3.05, 3.63) is 18.2 Å². The van der Waals surface area contributed by atoms with Crippen LogP contribution in [0.15, 0.2) is 23.1 Å². The van der Waals surface area contributed by atoms with Crippen LogP contribution in [0.1, 0.15) is 13.3 Å². The standard InChI is InChI=1S/C11H12ClNO4S/c1-7-5-11(14)13(2)9-6-8(18(12,15)16)3-4-10(9)17-7/h3-4,6-7H,5H2,1-2H3. The molecule has 0 fully saturated rings. The maximum absolute atomic E-state index is 11.8. The molecule has 1 aliphatic heterocycles. The van der Waals surface area contributed by atoms with E-state index in [-0.39, 0.29) is 23.3 Å². The summed E-state index contributed by atoms with van der Waals surface area (Å²) in [6, 6.07) is 4.21. The van der Waals surface area contributed by atoms with Crippen molar-refractivity contribution in [2.75, 3.05) is 11.9 Å². The molecule has 1 unspecified atom stereocenters. The minimum atomic E-state index is -3.82. The quantitative estimate of drug-likeness (QED) is 0.739. The Morgan fingerprint density at radius 2 is 2.11 bits per heavy atom. The Bertz CT molecular complexity index is 599. The van der Waals surface area contributed by atoms with Crippen molar-refractivity contribution >= 4 is 31.3 Å². The summed E-state index contributed by atoms with van der Waals surface area (Å²) >= 11 is 0. The third-order valence-corrected chi connectivity index (χ3v) is 4.09. The number of carbonyl (C=O) groups is 1. The van der Waals surface area contributed by atoms with E-state index >= 15 is 0 Å². The minimum Gasteiger partial charge on any atom is -0.488 e. The van der Waals surface area contributed by atoms with Crippen LogP contribution < -0.4 is 9.64 Å². The summed E-state index contributed by atoms with van der Waals surface area (Å²) in [6.45, 7) is 1.78. The Hall–Kier alpha value is -1.27. The molecule has 0 radical (unpaired) electrons. The van der Waals surface area contributed by atoms with Crippen LogP contribution in [0.4, 0.5) is 5.69 Å². The van der Waals surface area contributed by atoms with E-state index in [1.165, 1.54) is 23.1 Å². The molecule has 0 bridgehead atoms. The van der Waals surface area contributed by atoms with E-state index < -0.39 is 9.05 Å². The molecule has 5 nitrogen and oxygen atoms in total. The van der Waals surface area contributed by atoms with Crippen LogP contribution in [0.25, 0.3) is 0 Å². The Morgan fingerprint density at radius 1 is 1.44 bits per heavy atom. The SMILES string of the molecule is CC1CC(=O)N(C)c2cc(S(=O)(=O)Cl)ccc2O1. The van der Waals surface area contributed by atoms with Gasteiger partial charge >= 0.3 is 0 Å². The smallest absolute Gasteiger partial charge is 0.261 e. The average molecular weight is 290 g/mol. The summed E-state index contributed by atoms with van der Waals surface area (Å²) in [5, 5.41) is 0. The molecule has 2 rings (SSSR count). The predicted molar refractivity (Wildman–Crippen MR) is 67.6 cm³/mol. The molecule has 0 N–H and O–H groups in total. The molecule has 7 heteroatoms. The van der Waals surface area contributed by atoms with Crippen molar-refractivity contribution in [3.8, 4) is 5.75 Å². The van der Waals surface area contributed by atoms with E-state index in [2.05, 4.69) is 0 Å². The van der Waals surface area contributed by atoms with E-state index in [0.29, 0.717) is 11.4 Å². The van der Waals surface area contributed by atoms with E-state index in [1.54, 1.807) is 14.0 Å². The van der Waals surface area contributed by atoms with Gasteiger partial charge in [0.1, 0.15) is 11.9 Å². The number of anilines is 1. The van der Waals surface area contributed by atoms with Crippen molar-refractivity contribution in [1.82, 2.24) is 0 Å². The predicted octanol–water partition coefficient (Wildman–Crippen LogP) is 1.75. The Kier molecular flexibility index (Phi) is 3.25. The number of benzene rings is 1. The highest BCUT2D eigenvalue weighted by atomic mass is 35.7. The molecule has 1 aromatic carbocycles. The maximum atomic E-state index is 11.8. The number of carbonyl (C=O) groups excluding carboxylic acids is 1. The topological polar surface area (TPSA) is 63.7 Å². The van der Waals surface area contributed by atoms with Gasteiger partial charge in [0.05, 0.1) is 17.0 Å². The van der Waals surface area contributed by atoms with Crippen LogP contribution in [0.5, 0.6) is 5.75 Å². The zero-order valence-corrected chi connectivity index (χ0v) is 11.5. The van der Waals surface area contributed by atoms with Crippen LogP contribution in [-0.2, 0) is 13.8 Å². The van der Waals surface area contributed by atoms with Gasteiger partial charge in [-0.1, -0.05) is 0 Å². The van der Waals surface area contributed by atoms with Crippen molar-refractivity contribution in [2.24, 2.45) is 0 Å². The second kappa shape index (κ2) is 4.44. The fourth-order valence-electron chi connectivity index (χ4n) is 1.79. The third-order valence-electron chi connectivity index (χ3n) is 2.74. The molecule has 18 heavy (non-hydrogen) atoms. The van der Waals surface area contributed by atoms with Crippen LogP contribution in [0, 0.1) is 0 Å². The van der Waals surface area contributed by atoms with Crippen LogP contribution in [-0.4, -0.2) is 27.5 Å². The lowest BCUT2D eigenvalue weighted by Crippen LogP contribution is -2.27. The number of rotatable bonds is 1. The maximum Gasteiger partial charge on any atom is 0.261 e. The number of hydrogen-bond donors (Lipinski definition) is 0. The first-order valence-corrected chi connectivity index (χ1v) is 7.62. The van der Waals surface area contributed by atoms with Crippen molar-refractivity contribution in [1.29, 1.82) is 0 Å². The van der Waals surface area contributed by atoms with Crippen molar-refractivity contribution in [2.45, 2.75) is 24.3 Å². The first kappa shape index (κ1) is 13.2. The summed E-state index contributed by atoms with van der Waals surface area (Å²) in [5.74, 6) is 0.338. The molecule has 0 spiro atoms. The first-order chi connectivity index (χ1) is 8.29. The highest BCUT2D eigenvalue weighted by Crippen LogP contribution is 2.34. The lowest BCUT2D eigenvalue weighted by atomic mass is 10.2. The number of ether oxygens (including phenoxy) is 1. The van der Waals surface area contributed by atoms with Gasteiger partial charge in [-0.05, 0) is 25.1 Å². The van der Waals surface area contributed by atoms with Gasteiger partial charge in [0.2, 0.25) is 5.91 Å². The zero-order chi connectivity index (χ0) is 13.5. The highest BCUT2D eigenvalue weighted by molar-refractivity contribution is 8.13. The van der Waals surface area contributed by atoms with Gasteiger partial charge in [-0.3, -0.25) is 4.79 Å². The third kappa shape index (κ3) is 2.44. The summed E-state index contributed by atoms with van der Waals surface area (Å²) < 4.78 is 28.1. The Balaban J connectivity index is 2.57. The fourth-order valence-corrected chi connectivity index (χ4v) is 2.56. The molecular weight excluding hydrogens is 278 g/mol. The molecule has 0 saturated heterocycles. The van der Waals surface area contributed by atoms with Gasteiger partial charge in [-0.25, -0.2) is 8.42 Å². The highest BCUT2D eigenvalue weighted by Gasteiger charge is 2.25.